The molecule has 3 aromatic rings. The number of carbonyl (C=O) groups is 1. The number of aromatic amines is 1. The number of H-pyrrole nitrogens is 1. The molecular formula is C22H24N6O2. The van der Waals surface area contributed by atoms with Gasteiger partial charge in [0, 0.05) is 55.1 Å². The van der Waals surface area contributed by atoms with E-state index < -0.39 is 0 Å². The molecule has 5 heterocycles. The van der Waals surface area contributed by atoms with Crippen LogP contribution in [0.3, 0.4) is 0 Å². The summed E-state index contributed by atoms with van der Waals surface area (Å²) in [6.07, 6.45) is 7.86. The zero-order valence-corrected chi connectivity index (χ0v) is 16.9. The van der Waals surface area contributed by atoms with E-state index in [1.807, 2.05) is 18.3 Å². The monoisotopic (exact) mass is 404 g/mol. The molecular weight excluding hydrogens is 380 g/mol. The van der Waals surface area contributed by atoms with Gasteiger partial charge in [0.25, 0.3) is 0 Å². The molecule has 2 aliphatic heterocycles. The van der Waals surface area contributed by atoms with Crippen LogP contribution in [0.5, 0.6) is 5.88 Å². The smallest absolute Gasteiger partial charge is 0.226 e. The molecule has 2 saturated heterocycles. The number of piperazine rings is 1. The lowest BCUT2D eigenvalue weighted by Crippen LogP contribution is -2.56. The van der Waals surface area contributed by atoms with Gasteiger partial charge >= 0.3 is 0 Å². The average molecular weight is 404 g/mol. The first kappa shape index (κ1) is 17.7. The fraction of sp³-hybridized carbons (Fsp3) is 0.455. The van der Waals surface area contributed by atoms with E-state index in [4.69, 9.17) is 9.72 Å². The van der Waals surface area contributed by atoms with E-state index >= 15 is 0 Å². The first-order chi connectivity index (χ1) is 14.7. The molecule has 0 radical (unpaired) electrons. The standard InChI is InChI=1S/C22H24N6O2/c1-30-18-10-14(6-8-23-18)20-25-19-17(7-9-24-21(19)26-20)27-11-15-4-5-16(12-27)28(15)22(29)13-2-3-13/h6-10,13,15-16H,2-5,11-12H2,1H3,(H,24,25,26). The molecule has 1 aliphatic carbocycles. The molecule has 3 fully saturated rings. The summed E-state index contributed by atoms with van der Waals surface area (Å²) in [5.41, 5.74) is 3.65. The van der Waals surface area contributed by atoms with E-state index in [1.165, 1.54) is 0 Å². The topological polar surface area (TPSA) is 87.2 Å². The van der Waals surface area contributed by atoms with Gasteiger partial charge in [0.15, 0.2) is 5.65 Å². The van der Waals surface area contributed by atoms with Gasteiger partial charge in [-0.2, -0.15) is 0 Å². The van der Waals surface area contributed by atoms with Crippen LogP contribution in [-0.2, 0) is 4.79 Å². The van der Waals surface area contributed by atoms with E-state index in [-0.39, 0.29) is 0 Å². The van der Waals surface area contributed by atoms with Crippen LogP contribution in [0.4, 0.5) is 5.69 Å². The van der Waals surface area contributed by atoms with Gasteiger partial charge in [-0.15, -0.1) is 0 Å². The average Bonchev–Trinajstić information content (AvgIpc) is 3.48. The van der Waals surface area contributed by atoms with Crippen molar-refractivity contribution < 1.29 is 9.53 Å². The third kappa shape index (κ3) is 2.81. The molecule has 0 spiro atoms. The summed E-state index contributed by atoms with van der Waals surface area (Å²) in [4.78, 5) is 34.2. The summed E-state index contributed by atoms with van der Waals surface area (Å²) < 4.78 is 5.24. The van der Waals surface area contributed by atoms with Crippen LogP contribution in [0.1, 0.15) is 25.7 Å². The normalized spacial score (nSPS) is 23.2. The maximum Gasteiger partial charge on any atom is 0.226 e. The largest absolute Gasteiger partial charge is 0.481 e. The second kappa shape index (κ2) is 6.68. The van der Waals surface area contributed by atoms with Gasteiger partial charge in [-0.1, -0.05) is 0 Å². The van der Waals surface area contributed by atoms with Crippen LogP contribution < -0.4 is 9.64 Å². The predicted molar refractivity (Wildman–Crippen MR) is 112 cm³/mol. The fourth-order valence-electron chi connectivity index (χ4n) is 4.97. The highest BCUT2D eigenvalue weighted by Crippen LogP contribution is 2.39. The first-order valence-electron chi connectivity index (χ1n) is 10.6. The molecule has 2 bridgehead atoms. The van der Waals surface area contributed by atoms with Gasteiger partial charge in [0.05, 0.1) is 12.8 Å². The number of anilines is 1. The highest BCUT2D eigenvalue weighted by atomic mass is 16.5. The molecule has 3 aliphatic rings. The van der Waals surface area contributed by atoms with Gasteiger partial charge in [-0.3, -0.25) is 4.79 Å². The van der Waals surface area contributed by atoms with Gasteiger partial charge in [-0.05, 0) is 37.8 Å². The van der Waals surface area contributed by atoms with Crippen molar-refractivity contribution in [2.24, 2.45) is 5.92 Å². The lowest BCUT2D eigenvalue weighted by Gasteiger charge is -2.42. The maximum atomic E-state index is 12.8. The Hall–Kier alpha value is -3.16. The second-order valence-electron chi connectivity index (χ2n) is 8.51. The van der Waals surface area contributed by atoms with Crippen molar-refractivity contribution in [3.05, 3.63) is 30.6 Å². The van der Waals surface area contributed by atoms with Crippen LogP contribution in [0.25, 0.3) is 22.6 Å². The van der Waals surface area contributed by atoms with Crippen LogP contribution in [-0.4, -0.2) is 63.0 Å². The Morgan fingerprint density at radius 3 is 2.60 bits per heavy atom. The molecule has 30 heavy (non-hydrogen) atoms. The number of aromatic nitrogens is 4. The fourth-order valence-corrected chi connectivity index (χ4v) is 4.97. The van der Waals surface area contributed by atoms with Crippen molar-refractivity contribution in [3.63, 3.8) is 0 Å². The van der Waals surface area contributed by atoms with Gasteiger partial charge in [-0.25, -0.2) is 15.0 Å². The summed E-state index contributed by atoms with van der Waals surface area (Å²) in [7, 11) is 1.60. The number of nitrogens with one attached hydrogen (secondary N) is 1. The SMILES string of the molecule is COc1cc(-c2nc3nccc(N4CC5CCC(C4)N5C(=O)C4CC4)c3[nH]2)ccn1. The minimum absolute atomic E-state index is 0.291. The third-order valence-electron chi connectivity index (χ3n) is 6.59. The second-order valence-corrected chi connectivity index (χ2v) is 8.51. The van der Waals surface area contributed by atoms with Gasteiger partial charge in [0.2, 0.25) is 11.8 Å². The minimum atomic E-state index is 0.291. The van der Waals surface area contributed by atoms with E-state index in [9.17, 15) is 4.79 Å². The van der Waals surface area contributed by atoms with E-state index in [1.54, 1.807) is 13.3 Å². The summed E-state index contributed by atoms with van der Waals surface area (Å²) >= 11 is 0. The highest BCUT2D eigenvalue weighted by Gasteiger charge is 2.46. The minimum Gasteiger partial charge on any atom is -0.481 e. The van der Waals surface area contributed by atoms with Crippen LogP contribution in [0, 0.1) is 5.92 Å². The molecule has 1 saturated carbocycles. The molecule has 2 unspecified atom stereocenters. The molecule has 6 rings (SSSR count). The van der Waals surface area contributed by atoms with Crippen LogP contribution in [0.15, 0.2) is 30.6 Å². The van der Waals surface area contributed by atoms with Crippen molar-refractivity contribution in [1.29, 1.82) is 0 Å². The van der Waals surface area contributed by atoms with Crippen molar-refractivity contribution >= 4 is 22.8 Å². The van der Waals surface area contributed by atoms with Crippen molar-refractivity contribution in [3.8, 4) is 17.3 Å². The molecule has 1 N–H and O–H groups in total. The number of carbonyl (C=O) groups excluding carboxylic acids is 1. The summed E-state index contributed by atoms with van der Waals surface area (Å²) in [6.45, 7) is 1.73. The summed E-state index contributed by atoms with van der Waals surface area (Å²) in [5, 5.41) is 0. The molecule has 154 valence electrons. The van der Waals surface area contributed by atoms with Crippen molar-refractivity contribution in [1.82, 2.24) is 24.8 Å². The molecule has 1 amide bonds. The van der Waals surface area contributed by atoms with E-state index in [2.05, 4.69) is 30.8 Å². The predicted octanol–water partition coefficient (Wildman–Crippen LogP) is 2.62. The quantitative estimate of drug-likeness (QED) is 0.719. The van der Waals surface area contributed by atoms with E-state index in [0.29, 0.717) is 35.4 Å². The number of methoxy groups -OCH3 is 1. The molecule has 0 aromatic carbocycles. The number of fused-ring (bicyclic) bond motifs is 3. The number of imidazole rings is 1. The first-order valence-corrected chi connectivity index (χ1v) is 10.6. The number of nitrogens with zero attached hydrogens (tertiary/aromatic N) is 5. The van der Waals surface area contributed by atoms with Gasteiger partial charge in [0.1, 0.15) is 11.3 Å². The molecule has 8 heteroatoms. The molecule has 3 aromatic heterocycles. The van der Waals surface area contributed by atoms with Crippen molar-refractivity contribution in [2.45, 2.75) is 37.8 Å². The Morgan fingerprint density at radius 2 is 1.87 bits per heavy atom. The number of hydrogen-bond acceptors (Lipinski definition) is 6. The lowest BCUT2D eigenvalue weighted by atomic mass is 10.1. The Balaban J connectivity index is 1.32. The number of pyridine rings is 2. The number of rotatable bonds is 4. The Kier molecular flexibility index (Phi) is 3.94. The summed E-state index contributed by atoms with van der Waals surface area (Å²) in [6, 6.07) is 6.44. The number of ether oxygens (including phenoxy) is 1. The van der Waals surface area contributed by atoms with Crippen molar-refractivity contribution in [2.75, 3.05) is 25.1 Å². The van der Waals surface area contributed by atoms with Crippen LogP contribution in [0.2, 0.25) is 0 Å². The zero-order chi connectivity index (χ0) is 20.2. The van der Waals surface area contributed by atoms with Crippen LogP contribution >= 0.6 is 0 Å². The zero-order valence-electron chi connectivity index (χ0n) is 16.9. The highest BCUT2D eigenvalue weighted by molar-refractivity contribution is 5.89. The van der Waals surface area contributed by atoms with E-state index in [0.717, 1.165) is 61.4 Å². The Morgan fingerprint density at radius 1 is 1.10 bits per heavy atom. The number of amides is 1. The lowest BCUT2D eigenvalue weighted by molar-refractivity contribution is -0.135. The Labute approximate surface area is 174 Å². The summed E-state index contributed by atoms with van der Waals surface area (Å²) in [5.74, 6) is 1.97. The third-order valence-corrected chi connectivity index (χ3v) is 6.59. The molecule has 8 nitrogen and oxygen atoms in total. The number of hydrogen-bond donors (Lipinski definition) is 1. The van der Waals surface area contributed by atoms with Gasteiger partial charge < -0.3 is 19.5 Å². The Bertz CT molecular complexity index is 1110. The maximum absolute atomic E-state index is 12.8. The molecule has 2 atom stereocenters.